The number of nitrogens with one attached hydrogen (secondary N) is 1. The maximum absolute atomic E-state index is 12.5. The van der Waals surface area contributed by atoms with Crippen LogP contribution in [0.2, 0.25) is 0 Å². The molecule has 0 aliphatic heterocycles. The van der Waals surface area contributed by atoms with E-state index in [9.17, 15) is 4.79 Å². The molecule has 1 aromatic heterocycles. The van der Waals surface area contributed by atoms with E-state index in [1.807, 2.05) is 6.07 Å². The van der Waals surface area contributed by atoms with Gasteiger partial charge in [0.15, 0.2) is 0 Å². The van der Waals surface area contributed by atoms with Crippen LogP contribution >= 0.6 is 0 Å². The van der Waals surface area contributed by atoms with Crippen LogP contribution in [0.4, 0.5) is 0 Å². The van der Waals surface area contributed by atoms with Crippen LogP contribution < -0.4 is 5.32 Å². The highest BCUT2D eigenvalue weighted by Crippen LogP contribution is 2.34. The molecule has 1 heterocycles. The van der Waals surface area contributed by atoms with Crippen molar-refractivity contribution in [3.8, 4) is 0 Å². The Bertz CT molecular complexity index is 916. The number of hydrogen-bond donors (Lipinski definition) is 1. The Hall–Kier alpha value is -3.06. The van der Waals surface area contributed by atoms with Crippen LogP contribution in [0.3, 0.4) is 0 Å². The van der Waals surface area contributed by atoms with Crippen molar-refractivity contribution in [2.45, 2.75) is 37.9 Å². The fourth-order valence-electron chi connectivity index (χ4n) is 4.08. The summed E-state index contributed by atoms with van der Waals surface area (Å²) in [6, 6.07) is 19.1. The summed E-state index contributed by atoms with van der Waals surface area (Å²) in [5, 5.41) is 14.2. The second-order valence-corrected chi connectivity index (χ2v) is 7.79. The number of hydrogen-bond acceptors (Lipinski definition) is 5. The zero-order chi connectivity index (χ0) is 20.1. The molecule has 3 aromatic rings. The average Bonchev–Trinajstić information content (AvgIpc) is 3.39. The zero-order valence-electron chi connectivity index (χ0n) is 16.7. The molecule has 1 aliphatic rings. The molecule has 2 aromatic carbocycles. The third-order valence-electron chi connectivity index (χ3n) is 5.80. The van der Waals surface area contributed by atoms with Crippen molar-refractivity contribution in [1.29, 1.82) is 0 Å². The van der Waals surface area contributed by atoms with Gasteiger partial charge in [-0.15, -0.1) is 5.10 Å². The van der Waals surface area contributed by atoms with Crippen molar-refractivity contribution < 1.29 is 4.79 Å². The number of carbonyl (C=O) groups is 1. The summed E-state index contributed by atoms with van der Waals surface area (Å²) in [7, 11) is 2.16. The fraction of sp³-hybridized carbons (Fsp3) is 0.364. The van der Waals surface area contributed by atoms with E-state index in [1.54, 1.807) is 4.68 Å². The van der Waals surface area contributed by atoms with E-state index in [2.05, 4.69) is 81.3 Å². The highest BCUT2D eigenvalue weighted by Gasteiger charge is 2.40. The van der Waals surface area contributed by atoms with Gasteiger partial charge < -0.3 is 5.32 Å². The highest BCUT2D eigenvalue weighted by atomic mass is 16.1. The molecule has 0 unspecified atom stereocenters. The van der Waals surface area contributed by atoms with E-state index >= 15 is 0 Å². The molecule has 29 heavy (non-hydrogen) atoms. The lowest BCUT2D eigenvalue weighted by molar-refractivity contribution is -0.122. The van der Waals surface area contributed by atoms with Crippen LogP contribution in [0, 0.1) is 0 Å². The summed E-state index contributed by atoms with van der Waals surface area (Å²) >= 11 is 0. The standard InChI is InChI=1S/C22H26N6O/c1-27(15-18-7-3-2-4-8-18)22(13-19-9-5-6-10-20(19)14-22)16-23-21(29)11-12-28-17-24-25-26-28/h2-10,17H,11-16H2,1H3,(H,23,29). The Labute approximate surface area is 170 Å². The number of likely N-dealkylation sites (N-methyl/N-ethyl adjacent to an activating group) is 1. The van der Waals surface area contributed by atoms with Gasteiger partial charge in [0.1, 0.15) is 6.33 Å². The molecule has 0 fully saturated rings. The van der Waals surface area contributed by atoms with Gasteiger partial charge in [-0.1, -0.05) is 54.6 Å². The zero-order valence-corrected chi connectivity index (χ0v) is 16.7. The maximum Gasteiger partial charge on any atom is 0.221 e. The highest BCUT2D eigenvalue weighted by molar-refractivity contribution is 5.75. The number of aromatic nitrogens is 4. The van der Waals surface area contributed by atoms with Gasteiger partial charge in [-0.2, -0.15) is 0 Å². The summed E-state index contributed by atoms with van der Waals surface area (Å²) < 4.78 is 1.57. The number of amides is 1. The van der Waals surface area contributed by atoms with Crippen molar-refractivity contribution in [2.75, 3.05) is 13.6 Å². The summed E-state index contributed by atoms with van der Waals surface area (Å²) in [5.41, 5.74) is 3.88. The molecule has 150 valence electrons. The second-order valence-electron chi connectivity index (χ2n) is 7.79. The maximum atomic E-state index is 12.5. The van der Waals surface area contributed by atoms with Gasteiger partial charge >= 0.3 is 0 Å². The van der Waals surface area contributed by atoms with Crippen molar-refractivity contribution in [1.82, 2.24) is 30.4 Å². The first kappa shape index (κ1) is 19.3. The summed E-state index contributed by atoms with van der Waals surface area (Å²) in [6.07, 6.45) is 3.74. The molecule has 7 nitrogen and oxygen atoms in total. The third kappa shape index (κ3) is 4.51. The Kier molecular flexibility index (Phi) is 5.67. The van der Waals surface area contributed by atoms with Gasteiger partial charge in [-0.3, -0.25) is 9.69 Å². The Morgan fingerprint density at radius 2 is 1.79 bits per heavy atom. The van der Waals surface area contributed by atoms with Gasteiger partial charge in [-0.05, 0) is 47.0 Å². The van der Waals surface area contributed by atoms with Crippen LogP contribution in [0.25, 0.3) is 0 Å². The van der Waals surface area contributed by atoms with Crippen molar-refractivity contribution in [3.05, 3.63) is 77.6 Å². The smallest absolute Gasteiger partial charge is 0.221 e. The van der Waals surface area contributed by atoms with Crippen molar-refractivity contribution >= 4 is 5.91 Å². The minimum atomic E-state index is -0.135. The minimum Gasteiger partial charge on any atom is -0.354 e. The van der Waals surface area contributed by atoms with E-state index in [-0.39, 0.29) is 11.4 Å². The largest absolute Gasteiger partial charge is 0.354 e. The van der Waals surface area contributed by atoms with E-state index in [0.717, 1.165) is 19.4 Å². The van der Waals surface area contributed by atoms with Gasteiger partial charge in [0.05, 0.1) is 6.54 Å². The molecule has 0 bridgehead atoms. The molecule has 1 N–H and O–H groups in total. The number of tetrazole rings is 1. The predicted molar refractivity (Wildman–Crippen MR) is 110 cm³/mol. The Morgan fingerprint density at radius 3 is 2.45 bits per heavy atom. The summed E-state index contributed by atoms with van der Waals surface area (Å²) in [4.78, 5) is 14.9. The van der Waals surface area contributed by atoms with Gasteiger partial charge in [0.2, 0.25) is 5.91 Å². The van der Waals surface area contributed by atoms with Crippen molar-refractivity contribution in [2.24, 2.45) is 0 Å². The molecule has 0 spiro atoms. The first-order valence-electron chi connectivity index (χ1n) is 9.94. The molecule has 7 heteroatoms. The SMILES string of the molecule is CN(Cc1ccccc1)C1(CNC(=O)CCn2cnnn2)Cc2ccccc2C1. The number of rotatable bonds is 8. The van der Waals surface area contributed by atoms with Crippen molar-refractivity contribution in [3.63, 3.8) is 0 Å². The molecule has 0 saturated heterocycles. The van der Waals surface area contributed by atoms with Gasteiger partial charge in [0.25, 0.3) is 0 Å². The predicted octanol–water partition coefficient (Wildman–Crippen LogP) is 1.85. The first-order valence-corrected chi connectivity index (χ1v) is 9.94. The lowest BCUT2D eigenvalue weighted by Crippen LogP contribution is -2.54. The number of carbonyl (C=O) groups excluding carboxylic acids is 1. The molecule has 1 aliphatic carbocycles. The lowest BCUT2D eigenvalue weighted by Gasteiger charge is -2.39. The van der Waals surface area contributed by atoms with Gasteiger partial charge in [0, 0.05) is 25.0 Å². The molecule has 4 rings (SSSR count). The first-order chi connectivity index (χ1) is 14.1. The molecule has 0 radical (unpaired) electrons. The van der Waals surface area contributed by atoms with Crippen LogP contribution in [0.1, 0.15) is 23.1 Å². The van der Waals surface area contributed by atoms with E-state index in [1.165, 1.54) is 23.0 Å². The topological polar surface area (TPSA) is 75.9 Å². The quantitative estimate of drug-likeness (QED) is 0.635. The molecule has 0 saturated carbocycles. The monoisotopic (exact) mass is 390 g/mol. The Morgan fingerprint density at radius 1 is 1.10 bits per heavy atom. The van der Waals surface area contributed by atoms with Crippen LogP contribution in [-0.4, -0.2) is 50.1 Å². The number of aryl methyl sites for hydroxylation is 1. The molecular weight excluding hydrogens is 364 g/mol. The van der Waals surface area contributed by atoms with E-state index in [0.29, 0.717) is 19.5 Å². The summed E-state index contributed by atoms with van der Waals surface area (Å²) in [5.74, 6) is 0.0175. The normalized spacial score (nSPS) is 14.7. The van der Waals surface area contributed by atoms with E-state index in [4.69, 9.17) is 0 Å². The minimum absolute atomic E-state index is 0.0175. The molecule has 1 amide bonds. The summed E-state index contributed by atoms with van der Waals surface area (Å²) in [6.45, 7) is 1.93. The van der Waals surface area contributed by atoms with Gasteiger partial charge in [-0.25, -0.2) is 4.68 Å². The number of benzene rings is 2. The number of nitrogens with zero attached hydrogens (tertiary/aromatic N) is 5. The fourth-order valence-corrected chi connectivity index (χ4v) is 4.08. The lowest BCUT2D eigenvalue weighted by atomic mass is 9.92. The molecule has 0 atom stereocenters. The van der Waals surface area contributed by atoms with Crippen LogP contribution in [-0.2, 0) is 30.7 Å². The third-order valence-corrected chi connectivity index (χ3v) is 5.80. The Balaban J connectivity index is 1.45. The van der Waals surface area contributed by atoms with Crippen LogP contribution in [0.5, 0.6) is 0 Å². The van der Waals surface area contributed by atoms with E-state index < -0.39 is 0 Å². The number of fused-ring (bicyclic) bond motifs is 1. The second kappa shape index (κ2) is 8.53. The average molecular weight is 390 g/mol. The van der Waals surface area contributed by atoms with Crippen LogP contribution in [0.15, 0.2) is 60.9 Å². The molecular formula is C22H26N6O.